The van der Waals surface area contributed by atoms with Crippen LogP contribution in [-0.2, 0) is 0 Å². The minimum Gasteiger partial charge on any atom is -0.367 e. The third-order valence-corrected chi connectivity index (χ3v) is 3.91. The first-order chi connectivity index (χ1) is 12.6. The van der Waals surface area contributed by atoms with Gasteiger partial charge in [0.15, 0.2) is 0 Å². The van der Waals surface area contributed by atoms with Crippen molar-refractivity contribution >= 4 is 22.6 Å². The summed E-state index contributed by atoms with van der Waals surface area (Å²) in [5, 5.41) is 15.9. The SMILES string of the molecule is Cc1ccc2nc(NCCNC(=O)c3ccccc3F)c(C#N)cc2c1. The predicted octanol–water partition coefficient (Wildman–Crippen LogP) is 3.40. The van der Waals surface area contributed by atoms with Crippen molar-refractivity contribution < 1.29 is 9.18 Å². The molecule has 0 bridgehead atoms. The summed E-state index contributed by atoms with van der Waals surface area (Å²) in [5.41, 5.74) is 2.32. The van der Waals surface area contributed by atoms with Crippen LogP contribution < -0.4 is 10.6 Å². The van der Waals surface area contributed by atoms with Gasteiger partial charge in [-0.05, 0) is 37.3 Å². The number of rotatable bonds is 5. The molecule has 26 heavy (non-hydrogen) atoms. The monoisotopic (exact) mass is 348 g/mol. The number of amides is 1. The molecule has 0 spiro atoms. The fraction of sp³-hybridized carbons (Fsp3) is 0.150. The quantitative estimate of drug-likeness (QED) is 0.693. The second-order valence-electron chi connectivity index (χ2n) is 5.86. The minimum atomic E-state index is -0.559. The molecule has 0 fully saturated rings. The zero-order valence-electron chi connectivity index (χ0n) is 14.2. The second kappa shape index (κ2) is 7.62. The van der Waals surface area contributed by atoms with E-state index in [1.807, 2.05) is 25.1 Å². The van der Waals surface area contributed by atoms with Crippen molar-refractivity contribution in [3.8, 4) is 6.07 Å². The van der Waals surface area contributed by atoms with Crippen molar-refractivity contribution in [1.82, 2.24) is 10.3 Å². The lowest BCUT2D eigenvalue weighted by molar-refractivity contribution is 0.0951. The number of pyridine rings is 1. The van der Waals surface area contributed by atoms with Crippen LogP contribution in [0.25, 0.3) is 10.9 Å². The number of nitriles is 1. The third-order valence-electron chi connectivity index (χ3n) is 3.91. The highest BCUT2D eigenvalue weighted by atomic mass is 19.1. The molecule has 0 aliphatic heterocycles. The van der Waals surface area contributed by atoms with Gasteiger partial charge in [0.05, 0.1) is 16.6 Å². The normalized spacial score (nSPS) is 10.3. The number of benzene rings is 2. The maximum atomic E-state index is 13.6. The number of halogens is 1. The van der Waals surface area contributed by atoms with E-state index in [2.05, 4.69) is 21.7 Å². The molecular formula is C20H17FN4O. The van der Waals surface area contributed by atoms with Gasteiger partial charge in [0.25, 0.3) is 5.91 Å². The first-order valence-electron chi connectivity index (χ1n) is 8.16. The fourth-order valence-corrected chi connectivity index (χ4v) is 2.61. The molecule has 2 N–H and O–H groups in total. The van der Waals surface area contributed by atoms with Crippen LogP contribution in [0.2, 0.25) is 0 Å². The summed E-state index contributed by atoms with van der Waals surface area (Å²) in [6.45, 7) is 2.61. The summed E-state index contributed by atoms with van der Waals surface area (Å²) in [4.78, 5) is 16.4. The van der Waals surface area contributed by atoms with Crippen molar-refractivity contribution in [3.63, 3.8) is 0 Å². The zero-order chi connectivity index (χ0) is 18.5. The maximum absolute atomic E-state index is 13.6. The average molecular weight is 348 g/mol. The molecular weight excluding hydrogens is 331 g/mol. The molecule has 2 aromatic carbocycles. The topological polar surface area (TPSA) is 77.8 Å². The van der Waals surface area contributed by atoms with Crippen LogP contribution in [0.1, 0.15) is 21.5 Å². The second-order valence-corrected chi connectivity index (χ2v) is 5.86. The average Bonchev–Trinajstić information content (AvgIpc) is 2.64. The van der Waals surface area contributed by atoms with Gasteiger partial charge in [0.1, 0.15) is 17.7 Å². The number of carbonyl (C=O) groups excluding carboxylic acids is 1. The van der Waals surface area contributed by atoms with Gasteiger partial charge in [-0.1, -0.05) is 23.8 Å². The van der Waals surface area contributed by atoms with Crippen molar-refractivity contribution in [2.45, 2.75) is 6.92 Å². The highest BCUT2D eigenvalue weighted by molar-refractivity contribution is 5.94. The molecule has 1 heterocycles. The molecule has 0 radical (unpaired) electrons. The number of nitrogens with one attached hydrogen (secondary N) is 2. The van der Waals surface area contributed by atoms with Crippen LogP contribution in [-0.4, -0.2) is 24.0 Å². The summed E-state index contributed by atoms with van der Waals surface area (Å²) in [6.07, 6.45) is 0. The first-order valence-corrected chi connectivity index (χ1v) is 8.16. The van der Waals surface area contributed by atoms with Gasteiger partial charge in [-0.25, -0.2) is 9.37 Å². The van der Waals surface area contributed by atoms with Crippen molar-refractivity contribution in [2.75, 3.05) is 18.4 Å². The van der Waals surface area contributed by atoms with E-state index in [1.165, 1.54) is 18.2 Å². The highest BCUT2D eigenvalue weighted by Crippen LogP contribution is 2.20. The third kappa shape index (κ3) is 3.78. The Morgan fingerprint density at radius 3 is 2.77 bits per heavy atom. The number of aryl methyl sites for hydroxylation is 1. The molecule has 3 rings (SSSR count). The standard InChI is InChI=1S/C20H17FN4O/c1-13-6-7-18-14(10-13)11-15(12-22)19(25-18)23-8-9-24-20(26)16-4-2-3-5-17(16)21/h2-7,10-11H,8-9H2,1H3,(H,23,25)(H,24,26). The van der Waals surface area contributed by atoms with Gasteiger partial charge in [0, 0.05) is 18.5 Å². The van der Waals surface area contributed by atoms with Crippen LogP contribution in [0.15, 0.2) is 48.5 Å². The highest BCUT2D eigenvalue weighted by Gasteiger charge is 2.10. The summed E-state index contributed by atoms with van der Waals surface area (Å²) in [7, 11) is 0. The summed E-state index contributed by atoms with van der Waals surface area (Å²) in [6, 6.07) is 15.6. The Bertz CT molecular complexity index is 1010. The molecule has 0 saturated carbocycles. The van der Waals surface area contributed by atoms with Crippen LogP contribution in [0.3, 0.4) is 0 Å². The van der Waals surface area contributed by atoms with Gasteiger partial charge in [-0.2, -0.15) is 5.26 Å². The molecule has 3 aromatic rings. The van der Waals surface area contributed by atoms with Crippen LogP contribution >= 0.6 is 0 Å². The lowest BCUT2D eigenvalue weighted by Crippen LogP contribution is -2.29. The molecule has 0 atom stereocenters. The summed E-state index contributed by atoms with van der Waals surface area (Å²) >= 11 is 0. The molecule has 0 unspecified atom stereocenters. The molecule has 0 saturated heterocycles. The molecule has 1 amide bonds. The van der Waals surface area contributed by atoms with E-state index in [0.29, 0.717) is 17.9 Å². The maximum Gasteiger partial charge on any atom is 0.254 e. The van der Waals surface area contributed by atoms with Crippen molar-refractivity contribution in [2.24, 2.45) is 0 Å². The number of nitrogens with zero attached hydrogens (tertiary/aromatic N) is 2. The van der Waals surface area contributed by atoms with E-state index >= 15 is 0 Å². The lowest BCUT2D eigenvalue weighted by atomic mass is 10.1. The Kier molecular flexibility index (Phi) is 5.09. The molecule has 1 aromatic heterocycles. The Labute approximate surface area is 150 Å². The summed E-state index contributed by atoms with van der Waals surface area (Å²) < 4.78 is 13.6. The number of aromatic nitrogens is 1. The van der Waals surface area contributed by atoms with E-state index in [4.69, 9.17) is 0 Å². The zero-order valence-corrected chi connectivity index (χ0v) is 14.2. The summed E-state index contributed by atoms with van der Waals surface area (Å²) in [5.74, 6) is -0.576. The van der Waals surface area contributed by atoms with E-state index < -0.39 is 11.7 Å². The van der Waals surface area contributed by atoms with Gasteiger partial charge in [0.2, 0.25) is 0 Å². The largest absolute Gasteiger partial charge is 0.367 e. The number of anilines is 1. The predicted molar refractivity (Wildman–Crippen MR) is 98.4 cm³/mol. The Morgan fingerprint density at radius 1 is 1.19 bits per heavy atom. The molecule has 0 aliphatic rings. The van der Waals surface area contributed by atoms with Crippen molar-refractivity contribution in [1.29, 1.82) is 5.26 Å². The first kappa shape index (κ1) is 17.4. The number of fused-ring (bicyclic) bond motifs is 1. The van der Waals surface area contributed by atoms with Gasteiger partial charge < -0.3 is 10.6 Å². The number of carbonyl (C=O) groups is 1. The molecule has 6 heteroatoms. The fourth-order valence-electron chi connectivity index (χ4n) is 2.61. The van der Waals surface area contributed by atoms with E-state index in [-0.39, 0.29) is 12.1 Å². The van der Waals surface area contributed by atoms with Crippen molar-refractivity contribution in [3.05, 3.63) is 71.0 Å². The van der Waals surface area contributed by atoms with E-state index in [1.54, 1.807) is 12.1 Å². The molecule has 130 valence electrons. The van der Waals surface area contributed by atoms with Crippen LogP contribution in [0, 0.1) is 24.1 Å². The minimum absolute atomic E-state index is 0.00409. The molecule has 0 aliphatic carbocycles. The Morgan fingerprint density at radius 2 is 2.00 bits per heavy atom. The van der Waals surface area contributed by atoms with Gasteiger partial charge in [-0.15, -0.1) is 0 Å². The number of hydrogen-bond acceptors (Lipinski definition) is 4. The molecule has 5 nitrogen and oxygen atoms in total. The smallest absolute Gasteiger partial charge is 0.254 e. The van der Waals surface area contributed by atoms with Crippen LogP contribution in [0.5, 0.6) is 0 Å². The van der Waals surface area contributed by atoms with Gasteiger partial charge in [-0.3, -0.25) is 4.79 Å². The van der Waals surface area contributed by atoms with E-state index in [0.717, 1.165) is 16.5 Å². The Hall–Kier alpha value is -3.46. The Balaban J connectivity index is 1.65. The van der Waals surface area contributed by atoms with Gasteiger partial charge >= 0.3 is 0 Å². The van der Waals surface area contributed by atoms with Crippen LogP contribution in [0.4, 0.5) is 10.2 Å². The lowest BCUT2D eigenvalue weighted by Gasteiger charge is -2.10. The van der Waals surface area contributed by atoms with E-state index in [9.17, 15) is 14.4 Å². The number of hydrogen-bond donors (Lipinski definition) is 2.